The van der Waals surface area contributed by atoms with Gasteiger partial charge in [-0.2, -0.15) is 11.8 Å². The first-order chi connectivity index (χ1) is 12.2. The summed E-state index contributed by atoms with van der Waals surface area (Å²) < 4.78 is 11.2. The number of aliphatic imine (C=N–C) groups is 1. The molecule has 0 radical (unpaired) electrons. The van der Waals surface area contributed by atoms with E-state index in [0.717, 1.165) is 70.4 Å². The predicted molar refractivity (Wildman–Crippen MR) is 108 cm³/mol. The average molecular weight is 372 g/mol. The Kier molecular flexibility index (Phi) is 8.87. The second-order valence-corrected chi connectivity index (χ2v) is 9.11. The van der Waals surface area contributed by atoms with Gasteiger partial charge in [0.15, 0.2) is 5.96 Å². The molecule has 2 N–H and O–H groups in total. The van der Waals surface area contributed by atoms with Crippen molar-refractivity contribution in [2.75, 3.05) is 52.3 Å². The molecule has 25 heavy (non-hydrogen) atoms. The number of hydrogen-bond donors (Lipinski definition) is 2. The van der Waals surface area contributed by atoms with Crippen LogP contribution < -0.4 is 10.6 Å². The molecule has 2 aliphatic rings. The Morgan fingerprint density at radius 3 is 2.48 bits per heavy atom. The molecule has 0 unspecified atom stereocenters. The Balaban J connectivity index is 1.92. The predicted octanol–water partition coefficient (Wildman–Crippen LogP) is 3.05. The molecule has 0 aromatic rings. The number of rotatable bonds is 10. The van der Waals surface area contributed by atoms with Crippen LogP contribution in [0, 0.1) is 5.41 Å². The summed E-state index contributed by atoms with van der Waals surface area (Å²) in [5.74, 6) is 2.11. The van der Waals surface area contributed by atoms with E-state index in [-0.39, 0.29) is 4.75 Å². The van der Waals surface area contributed by atoms with Gasteiger partial charge in [-0.15, -0.1) is 0 Å². The van der Waals surface area contributed by atoms with Gasteiger partial charge in [-0.1, -0.05) is 13.3 Å². The molecular formula is C19H37N3O2S. The number of thioether (sulfide) groups is 1. The zero-order valence-corrected chi connectivity index (χ0v) is 17.2. The third-order valence-electron chi connectivity index (χ3n) is 5.60. The van der Waals surface area contributed by atoms with Gasteiger partial charge in [0.05, 0.1) is 0 Å². The van der Waals surface area contributed by atoms with Gasteiger partial charge < -0.3 is 20.1 Å². The topological polar surface area (TPSA) is 54.9 Å². The summed E-state index contributed by atoms with van der Waals surface area (Å²) in [4.78, 5) is 4.93. The van der Waals surface area contributed by atoms with E-state index in [9.17, 15) is 0 Å². The zero-order chi connectivity index (χ0) is 18.0. The molecular weight excluding hydrogens is 334 g/mol. The van der Waals surface area contributed by atoms with Crippen molar-refractivity contribution in [3.8, 4) is 0 Å². The third-order valence-corrected chi connectivity index (χ3v) is 7.05. The number of methoxy groups -OCH3 is 1. The molecule has 5 nitrogen and oxygen atoms in total. The van der Waals surface area contributed by atoms with E-state index >= 15 is 0 Å². The van der Waals surface area contributed by atoms with Crippen LogP contribution in [0.4, 0.5) is 0 Å². The fourth-order valence-corrected chi connectivity index (χ4v) is 4.98. The SMILES string of the molecule is CCNC(=NCC1(CCOC)CCC1)NCC1(SCC)CCOCC1. The van der Waals surface area contributed by atoms with Gasteiger partial charge in [-0.3, -0.25) is 4.99 Å². The molecule has 1 saturated carbocycles. The minimum absolute atomic E-state index is 0.285. The molecule has 1 aliphatic heterocycles. The molecule has 0 amide bonds. The lowest BCUT2D eigenvalue weighted by atomic mass is 9.67. The Bertz CT molecular complexity index is 402. The number of ether oxygens (including phenoxy) is 2. The summed E-state index contributed by atoms with van der Waals surface area (Å²) in [6.45, 7) is 9.74. The Morgan fingerprint density at radius 1 is 1.16 bits per heavy atom. The van der Waals surface area contributed by atoms with Crippen LogP contribution in [0.5, 0.6) is 0 Å². The second kappa shape index (κ2) is 10.6. The van der Waals surface area contributed by atoms with Crippen LogP contribution in [0.15, 0.2) is 4.99 Å². The highest BCUT2D eigenvalue weighted by Gasteiger charge is 2.36. The van der Waals surface area contributed by atoms with Crippen molar-refractivity contribution < 1.29 is 9.47 Å². The minimum Gasteiger partial charge on any atom is -0.385 e. The van der Waals surface area contributed by atoms with Crippen molar-refractivity contribution in [2.24, 2.45) is 10.4 Å². The molecule has 146 valence electrons. The van der Waals surface area contributed by atoms with E-state index in [4.69, 9.17) is 14.5 Å². The van der Waals surface area contributed by atoms with Gasteiger partial charge in [0.25, 0.3) is 0 Å². The van der Waals surface area contributed by atoms with Crippen LogP contribution in [0.25, 0.3) is 0 Å². The fraction of sp³-hybridized carbons (Fsp3) is 0.947. The average Bonchev–Trinajstić information content (AvgIpc) is 2.59. The lowest BCUT2D eigenvalue weighted by molar-refractivity contribution is 0.0771. The molecule has 0 spiro atoms. The Labute approximate surface area is 158 Å². The molecule has 1 saturated heterocycles. The first kappa shape index (κ1) is 20.8. The van der Waals surface area contributed by atoms with Gasteiger partial charge in [-0.25, -0.2) is 0 Å². The van der Waals surface area contributed by atoms with Gasteiger partial charge in [0.1, 0.15) is 0 Å². The number of hydrogen-bond acceptors (Lipinski definition) is 4. The van der Waals surface area contributed by atoms with E-state index < -0.39 is 0 Å². The van der Waals surface area contributed by atoms with Crippen LogP contribution in [-0.4, -0.2) is 63.0 Å². The summed E-state index contributed by atoms with van der Waals surface area (Å²) in [7, 11) is 1.79. The summed E-state index contributed by atoms with van der Waals surface area (Å²) in [5.41, 5.74) is 0.368. The molecule has 1 aliphatic carbocycles. The maximum Gasteiger partial charge on any atom is 0.191 e. The third kappa shape index (κ3) is 6.33. The largest absolute Gasteiger partial charge is 0.385 e. The maximum absolute atomic E-state index is 5.58. The molecule has 2 rings (SSSR count). The van der Waals surface area contributed by atoms with Crippen LogP contribution in [0.2, 0.25) is 0 Å². The maximum atomic E-state index is 5.58. The first-order valence-electron chi connectivity index (χ1n) is 9.90. The van der Waals surface area contributed by atoms with Gasteiger partial charge in [0.2, 0.25) is 0 Å². The second-order valence-electron chi connectivity index (χ2n) is 7.37. The van der Waals surface area contributed by atoms with Crippen molar-refractivity contribution in [1.29, 1.82) is 0 Å². The van der Waals surface area contributed by atoms with Crippen LogP contribution >= 0.6 is 11.8 Å². The number of nitrogens with zero attached hydrogens (tertiary/aromatic N) is 1. The Hall–Kier alpha value is -0.460. The normalized spacial score (nSPS) is 22.3. The fourth-order valence-electron chi connectivity index (χ4n) is 3.74. The van der Waals surface area contributed by atoms with Crippen molar-refractivity contribution >= 4 is 17.7 Å². The van der Waals surface area contributed by atoms with E-state index in [1.807, 2.05) is 0 Å². The molecule has 2 fully saturated rings. The van der Waals surface area contributed by atoms with Crippen LogP contribution in [0.1, 0.15) is 52.4 Å². The number of guanidine groups is 1. The van der Waals surface area contributed by atoms with Gasteiger partial charge in [-0.05, 0) is 50.2 Å². The Morgan fingerprint density at radius 2 is 1.92 bits per heavy atom. The summed E-state index contributed by atoms with van der Waals surface area (Å²) >= 11 is 2.07. The molecule has 0 aromatic heterocycles. The van der Waals surface area contributed by atoms with Crippen molar-refractivity contribution in [3.05, 3.63) is 0 Å². The summed E-state index contributed by atoms with van der Waals surface area (Å²) in [5, 5.41) is 7.05. The van der Waals surface area contributed by atoms with Crippen molar-refractivity contribution in [3.63, 3.8) is 0 Å². The van der Waals surface area contributed by atoms with Crippen LogP contribution in [0.3, 0.4) is 0 Å². The van der Waals surface area contributed by atoms with Gasteiger partial charge >= 0.3 is 0 Å². The molecule has 0 aromatic carbocycles. The highest BCUT2D eigenvalue weighted by molar-refractivity contribution is 8.00. The van der Waals surface area contributed by atoms with Crippen molar-refractivity contribution in [1.82, 2.24) is 10.6 Å². The lowest BCUT2D eigenvalue weighted by Crippen LogP contribution is -2.48. The van der Waals surface area contributed by atoms with E-state index in [0.29, 0.717) is 5.41 Å². The zero-order valence-electron chi connectivity index (χ0n) is 16.4. The monoisotopic (exact) mass is 371 g/mol. The summed E-state index contributed by atoms with van der Waals surface area (Å²) in [6.07, 6.45) is 7.27. The highest BCUT2D eigenvalue weighted by Crippen LogP contribution is 2.44. The van der Waals surface area contributed by atoms with E-state index in [1.165, 1.54) is 19.3 Å². The molecule has 0 atom stereocenters. The number of nitrogens with one attached hydrogen (secondary N) is 2. The van der Waals surface area contributed by atoms with Crippen molar-refractivity contribution in [2.45, 2.75) is 57.1 Å². The smallest absolute Gasteiger partial charge is 0.191 e. The lowest BCUT2D eigenvalue weighted by Gasteiger charge is -2.41. The van der Waals surface area contributed by atoms with Crippen LogP contribution in [-0.2, 0) is 9.47 Å². The molecule has 1 heterocycles. The standard InChI is InChI=1S/C19H37N3O2S/c1-4-20-17(21-15-18(7-6-8-18)9-12-23-3)22-16-19(25-5-2)10-13-24-14-11-19/h4-16H2,1-3H3,(H2,20,21,22). The quantitative estimate of drug-likeness (QED) is 0.457. The first-order valence-corrected chi connectivity index (χ1v) is 10.9. The van der Waals surface area contributed by atoms with Gasteiger partial charge in [0, 0.05) is 51.3 Å². The highest BCUT2D eigenvalue weighted by atomic mass is 32.2. The minimum atomic E-state index is 0.285. The summed E-state index contributed by atoms with van der Waals surface area (Å²) in [6, 6.07) is 0. The molecule has 0 bridgehead atoms. The van der Waals surface area contributed by atoms with E-state index in [2.05, 4.69) is 36.2 Å². The molecule has 6 heteroatoms. The van der Waals surface area contributed by atoms with E-state index in [1.54, 1.807) is 7.11 Å².